The van der Waals surface area contributed by atoms with E-state index in [1.807, 2.05) is 0 Å². The molecule has 104 valence electrons. The fraction of sp³-hybridized carbons (Fsp3) is 0.833. The Morgan fingerprint density at radius 3 is 2.61 bits per heavy atom. The summed E-state index contributed by atoms with van der Waals surface area (Å²) >= 11 is 0. The number of ether oxygens (including phenoxy) is 2. The van der Waals surface area contributed by atoms with Gasteiger partial charge in [0.1, 0.15) is 12.3 Å². The molecule has 1 unspecified atom stereocenters. The van der Waals surface area contributed by atoms with E-state index in [9.17, 15) is 9.59 Å². The standard InChI is InChI=1S/C12H22N2O4/c1-9(13-11(16)18-12(2,3)4)7-10(15)14-5-6-17-8-14/h9H,5-8H2,1-4H3,(H,13,16). The smallest absolute Gasteiger partial charge is 0.407 e. The maximum Gasteiger partial charge on any atom is 0.407 e. The molecule has 0 radical (unpaired) electrons. The Morgan fingerprint density at radius 1 is 1.44 bits per heavy atom. The van der Waals surface area contributed by atoms with Crippen molar-refractivity contribution in [2.24, 2.45) is 0 Å². The second-order valence-corrected chi connectivity index (χ2v) is 5.45. The van der Waals surface area contributed by atoms with Crippen LogP contribution in [0.2, 0.25) is 0 Å². The van der Waals surface area contributed by atoms with E-state index in [2.05, 4.69) is 5.32 Å². The van der Waals surface area contributed by atoms with Gasteiger partial charge in [0.05, 0.1) is 6.61 Å². The van der Waals surface area contributed by atoms with Gasteiger partial charge in [0, 0.05) is 19.0 Å². The molecule has 6 nitrogen and oxygen atoms in total. The van der Waals surface area contributed by atoms with Gasteiger partial charge in [-0.3, -0.25) is 4.79 Å². The Morgan fingerprint density at radius 2 is 2.11 bits per heavy atom. The molecule has 18 heavy (non-hydrogen) atoms. The lowest BCUT2D eigenvalue weighted by Gasteiger charge is -2.22. The molecule has 0 bridgehead atoms. The summed E-state index contributed by atoms with van der Waals surface area (Å²) < 4.78 is 10.2. The molecule has 1 atom stereocenters. The highest BCUT2D eigenvalue weighted by molar-refractivity contribution is 5.77. The molecule has 1 aliphatic heterocycles. The predicted octanol–water partition coefficient (Wildman–Crippen LogP) is 1.11. The van der Waals surface area contributed by atoms with E-state index < -0.39 is 11.7 Å². The first kappa shape index (κ1) is 14.8. The topological polar surface area (TPSA) is 67.9 Å². The van der Waals surface area contributed by atoms with Crippen LogP contribution < -0.4 is 5.32 Å². The number of carbonyl (C=O) groups excluding carboxylic acids is 2. The molecule has 1 fully saturated rings. The molecular formula is C12H22N2O4. The zero-order valence-electron chi connectivity index (χ0n) is 11.5. The summed E-state index contributed by atoms with van der Waals surface area (Å²) in [5, 5.41) is 2.64. The van der Waals surface area contributed by atoms with Gasteiger partial charge in [-0.1, -0.05) is 0 Å². The average Bonchev–Trinajstić information content (AvgIpc) is 2.65. The van der Waals surface area contributed by atoms with Gasteiger partial charge < -0.3 is 19.7 Å². The molecule has 0 saturated carbocycles. The van der Waals surface area contributed by atoms with E-state index in [0.717, 1.165) is 0 Å². The summed E-state index contributed by atoms with van der Waals surface area (Å²) in [4.78, 5) is 24.9. The van der Waals surface area contributed by atoms with Crippen molar-refractivity contribution < 1.29 is 19.1 Å². The van der Waals surface area contributed by atoms with E-state index in [-0.39, 0.29) is 18.4 Å². The highest BCUT2D eigenvalue weighted by Crippen LogP contribution is 2.08. The first-order chi connectivity index (χ1) is 8.28. The van der Waals surface area contributed by atoms with Gasteiger partial charge >= 0.3 is 6.09 Å². The minimum absolute atomic E-state index is 0.0175. The van der Waals surface area contributed by atoms with Crippen molar-refractivity contribution in [3.63, 3.8) is 0 Å². The van der Waals surface area contributed by atoms with Crippen molar-refractivity contribution >= 4 is 12.0 Å². The quantitative estimate of drug-likeness (QED) is 0.823. The van der Waals surface area contributed by atoms with Crippen LogP contribution in [0.25, 0.3) is 0 Å². The van der Waals surface area contributed by atoms with Crippen LogP contribution >= 0.6 is 0 Å². The maximum atomic E-state index is 11.8. The van der Waals surface area contributed by atoms with Crippen LogP contribution in [-0.2, 0) is 14.3 Å². The third-order valence-corrected chi connectivity index (χ3v) is 2.35. The normalized spacial score (nSPS) is 17.4. The number of carbonyl (C=O) groups is 2. The second-order valence-electron chi connectivity index (χ2n) is 5.45. The Hall–Kier alpha value is -1.30. The van der Waals surface area contributed by atoms with Crippen LogP contribution in [0.15, 0.2) is 0 Å². The minimum Gasteiger partial charge on any atom is -0.444 e. The SMILES string of the molecule is CC(CC(=O)N1CCOC1)NC(=O)OC(C)(C)C. The van der Waals surface area contributed by atoms with E-state index in [4.69, 9.17) is 9.47 Å². The lowest BCUT2D eigenvalue weighted by Crippen LogP contribution is -2.41. The number of nitrogens with one attached hydrogen (secondary N) is 1. The van der Waals surface area contributed by atoms with Crippen molar-refractivity contribution in [2.75, 3.05) is 19.9 Å². The monoisotopic (exact) mass is 258 g/mol. The number of alkyl carbamates (subject to hydrolysis) is 1. The van der Waals surface area contributed by atoms with E-state index in [0.29, 0.717) is 19.9 Å². The minimum atomic E-state index is -0.531. The van der Waals surface area contributed by atoms with E-state index >= 15 is 0 Å². The van der Waals surface area contributed by atoms with Crippen LogP contribution in [0.1, 0.15) is 34.1 Å². The van der Waals surface area contributed by atoms with Crippen LogP contribution in [0, 0.1) is 0 Å². The summed E-state index contributed by atoms with van der Waals surface area (Å²) in [5.41, 5.74) is -0.531. The number of hydrogen-bond donors (Lipinski definition) is 1. The van der Waals surface area contributed by atoms with Crippen LogP contribution in [0.5, 0.6) is 0 Å². The van der Waals surface area contributed by atoms with Crippen molar-refractivity contribution in [2.45, 2.75) is 45.8 Å². The highest BCUT2D eigenvalue weighted by Gasteiger charge is 2.22. The first-order valence-corrected chi connectivity index (χ1v) is 6.13. The van der Waals surface area contributed by atoms with Gasteiger partial charge in [-0.05, 0) is 27.7 Å². The Kier molecular flexibility index (Phi) is 4.95. The number of hydrogen-bond acceptors (Lipinski definition) is 4. The largest absolute Gasteiger partial charge is 0.444 e. The van der Waals surface area contributed by atoms with Crippen molar-refractivity contribution in [3.05, 3.63) is 0 Å². The third-order valence-electron chi connectivity index (χ3n) is 2.35. The highest BCUT2D eigenvalue weighted by atomic mass is 16.6. The van der Waals surface area contributed by atoms with Gasteiger partial charge in [0.15, 0.2) is 0 Å². The third kappa shape index (κ3) is 5.35. The molecule has 1 aliphatic rings. The summed E-state index contributed by atoms with van der Waals surface area (Å²) in [6, 6.07) is -0.257. The number of amides is 2. The molecule has 1 saturated heterocycles. The number of nitrogens with zero attached hydrogens (tertiary/aromatic N) is 1. The molecule has 0 aromatic heterocycles. The molecule has 1 rings (SSSR count). The van der Waals surface area contributed by atoms with Crippen molar-refractivity contribution in [1.82, 2.24) is 10.2 Å². The predicted molar refractivity (Wildman–Crippen MR) is 66.0 cm³/mol. The summed E-state index contributed by atoms with van der Waals surface area (Å²) in [6.45, 7) is 8.71. The average molecular weight is 258 g/mol. The van der Waals surface area contributed by atoms with Crippen molar-refractivity contribution in [1.29, 1.82) is 0 Å². The molecule has 6 heteroatoms. The molecule has 0 aromatic rings. The summed E-state index contributed by atoms with van der Waals surface area (Å²) in [6.07, 6.45) is -0.247. The van der Waals surface area contributed by atoms with Gasteiger partial charge in [-0.15, -0.1) is 0 Å². The fourth-order valence-corrected chi connectivity index (χ4v) is 1.56. The number of rotatable bonds is 3. The molecule has 0 spiro atoms. The molecule has 1 N–H and O–H groups in total. The zero-order valence-corrected chi connectivity index (χ0v) is 11.5. The fourth-order valence-electron chi connectivity index (χ4n) is 1.56. The van der Waals surface area contributed by atoms with Gasteiger partial charge in [-0.25, -0.2) is 4.79 Å². The lowest BCUT2D eigenvalue weighted by atomic mass is 10.2. The lowest BCUT2D eigenvalue weighted by molar-refractivity contribution is -0.132. The van der Waals surface area contributed by atoms with Crippen LogP contribution in [-0.4, -0.2) is 48.4 Å². The maximum absolute atomic E-state index is 11.8. The Balaban J connectivity index is 2.30. The Bertz CT molecular complexity index is 306. The van der Waals surface area contributed by atoms with Gasteiger partial charge in [0.25, 0.3) is 0 Å². The molecular weight excluding hydrogens is 236 g/mol. The first-order valence-electron chi connectivity index (χ1n) is 6.13. The summed E-state index contributed by atoms with van der Waals surface area (Å²) in [7, 11) is 0. The summed E-state index contributed by atoms with van der Waals surface area (Å²) in [5.74, 6) is -0.0175. The molecule has 0 aliphatic carbocycles. The van der Waals surface area contributed by atoms with E-state index in [1.165, 1.54) is 0 Å². The van der Waals surface area contributed by atoms with Gasteiger partial charge in [0.2, 0.25) is 5.91 Å². The zero-order chi connectivity index (χ0) is 13.8. The second kappa shape index (κ2) is 6.04. The Labute approximate surface area is 108 Å². The molecule has 1 heterocycles. The van der Waals surface area contributed by atoms with Gasteiger partial charge in [-0.2, -0.15) is 0 Å². The van der Waals surface area contributed by atoms with Crippen molar-refractivity contribution in [3.8, 4) is 0 Å². The van der Waals surface area contributed by atoms with Crippen LogP contribution in [0.3, 0.4) is 0 Å². The van der Waals surface area contributed by atoms with Crippen LogP contribution in [0.4, 0.5) is 4.79 Å². The molecule has 0 aromatic carbocycles. The molecule has 2 amide bonds. The van der Waals surface area contributed by atoms with E-state index in [1.54, 1.807) is 32.6 Å².